The maximum Gasteiger partial charge on any atom is 0.433 e. The number of anilines is 2. The number of hydrogen-bond acceptors (Lipinski definition) is 4. The molecule has 20 heavy (non-hydrogen) atoms. The van der Waals surface area contributed by atoms with Gasteiger partial charge in [0.2, 0.25) is 5.95 Å². The molecule has 1 saturated carbocycles. The summed E-state index contributed by atoms with van der Waals surface area (Å²) in [6.45, 7) is 0.745. The molecule has 2 N–H and O–H groups in total. The van der Waals surface area contributed by atoms with Crippen LogP contribution in [0.3, 0.4) is 0 Å². The van der Waals surface area contributed by atoms with Gasteiger partial charge in [0.15, 0.2) is 5.69 Å². The van der Waals surface area contributed by atoms with Gasteiger partial charge in [-0.2, -0.15) is 18.2 Å². The molecule has 2 heterocycles. The molecule has 2 unspecified atom stereocenters. The van der Waals surface area contributed by atoms with Gasteiger partial charge in [-0.05, 0) is 31.6 Å². The van der Waals surface area contributed by atoms with Gasteiger partial charge in [-0.15, -0.1) is 0 Å². The fourth-order valence-electron chi connectivity index (χ4n) is 3.48. The van der Waals surface area contributed by atoms with Gasteiger partial charge in [0.05, 0.1) is 0 Å². The lowest BCUT2D eigenvalue weighted by Crippen LogP contribution is -2.43. The minimum Gasteiger partial charge on any atom is -0.368 e. The second-order valence-corrected chi connectivity index (χ2v) is 5.56. The molecule has 1 aliphatic heterocycles. The van der Waals surface area contributed by atoms with Crippen LogP contribution in [-0.4, -0.2) is 22.6 Å². The Kier molecular flexibility index (Phi) is 3.22. The number of nitrogens with two attached hydrogens (primary N) is 1. The second kappa shape index (κ2) is 4.79. The number of aromatic nitrogens is 2. The molecule has 0 aromatic carbocycles. The van der Waals surface area contributed by atoms with Gasteiger partial charge in [-0.3, -0.25) is 0 Å². The summed E-state index contributed by atoms with van der Waals surface area (Å²) >= 11 is 0. The highest BCUT2D eigenvalue weighted by Gasteiger charge is 2.38. The summed E-state index contributed by atoms with van der Waals surface area (Å²) in [5.74, 6) is 0.589. The summed E-state index contributed by atoms with van der Waals surface area (Å²) in [4.78, 5) is 9.32. The lowest BCUT2D eigenvalue weighted by molar-refractivity contribution is -0.141. The van der Waals surface area contributed by atoms with Crippen LogP contribution < -0.4 is 10.6 Å². The molecule has 0 bridgehead atoms. The van der Waals surface area contributed by atoms with Gasteiger partial charge in [-0.1, -0.05) is 6.42 Å². The van der Waals surface area contributed by atoms with Crippen molar-refractivity contribution in [1.82, 2.24) is 9.97 Å². The maximum atomic E-state index is 12.8. The van der Waals surface area contributed by atoms with Crippen molar-refractivity contribution in [2.75, 3.05) is 17.2 Å². The first-order chi connectivity index (χ1) is 9.45. The van der Waals surface area contributed by atoms with Gasteiger partial charge >= 0.3 is 6.18 Å². The molecule has 1 aromatic heterocycles. The Bertz CT molecular complexity index is 503. The number of nitrogens with zero attached hydrogens (tertiary/aromatic N) is 3. The fourth-order valence-corrected chi connectivity index (χ4v) is 3.48. The van der Waals surface area contributed by atoms with E-state index >= 15 is 0 Å². The zero-order chi connectivity index (χ0) is 14.3. The van der Waals surface area contributed by atoms with Crippen LogP contribution in [0.5, 0.6) is 0 Å². The van der Waals surface area contributed by atoms with Gasteiger partial charge in [0.1, 0.15) is 5.82 Å². The first-order valence-corrected chi connectivity index (χ1v) is 6.93. The number of nitrogen functional groups attached to an aromatic ring is 1. The van der Waals surface area contributed by atoms with Crippen LogP contribution in [0.2, 0.25) is 0 Å². The quantitative estimate of drug-likeness (QED) is 0.862. The van der Waals surface area contributed by atoms with Crippen molar-refractivity contribution < 1.29 is 13.2 Å². The van der Waals surface area contributed by atoms with Crippen LogP contribution >= 0.6 is 0 Å². The molecule has 0 radical (unpaired) electrons. The van der Waals surface area contributed by atoms with Crippen LogP contribution in [-0.2, 0) is 6.18 Å². The predicted molar refractivity (Wildman–Crippen MR) is 69.2 cm³/mol. The average molecular weight is 286 g/mol. The molecule has 4 nitrogen and oxygen atoms in total. The number of fused-ring (bicyclic) bond motifs is 1. The van der Waals surface area contributed by atoms with E-state index in [2.05, 4.69) is 9.97 Å². The smallest absolute Gasteiger partial charge is 0.368 e. The number of alkyl halides is 3. The summed E-state index contributed by atoms with van der Waals surface area (Å²) in [7, 11) is 0. The van der Waals surface area contributed by atoms with Crippen molar-refractivity contribution in [3.8, 4) is 0 Å². The highest BCUT2D eigenvalue weighted by atomic mass is 19.4. The number of rotatable bonds is 1. The third-order valence-electron chi connectivity index (χ3n) is 4.31. The summed E-state index contributed by atoms with van der Waals surface area (Å²) < 4.78 is 38.5. The van der Waals surface area contributed by atoms with Crippen molar-refractivity contribution in [2.24, 2.45) is 5.92 Å². The Morgan fingerprint density at radius 1 is 1.15 bits per heavy atom. The molecular formula is C13H17F3N4. The Balaban J connectivity index is 1.95. The molecule has 110 valence electrons. The molecule has 1 aliphatic carbocycles. The van der Waals surface area contributed by atoms with E-state index in [-0.39, 0.29) is 5.95 Å². The third-order valence-corrected chi connectivity index (χ3v) is 4.31. The summed E-state index contributed by atoms with van der Waals surface area (Å²) in [6.07, 6.45) is 0.985. The summed E-state index contributed by atoms with van der Waals surface area (Å²) in [5.41, 5.74) is 4.49. The van der Waals surface area contributed by atoms with Gasteiger partial charge in [-0.25, -0.2) is 4.98 Å². The van der Waals surface area contributed by atoms with E-state index in [0.717, 1.165) is 44.7 Å². The molecule has 7 heteroatoms. The molecule has 2 aliphatic rings. The van der Waals surface area contributed by atoms with E-state index in [0.29, 0.717) is 17.8 Å². The lowest BCUT2D eigenvalue weighted by atomic mass is 9.92. The van der Waals surface area contributed by atoms with E-state index in [1.807, 2.05) is 4.90 Å². The highest BCUT2D eigenvalue weighted by Crippen LogP contribution is 2.39. The number of piperidine rings is 1. The van der Waals surface area contributed by atoms with Crippen molar-refractivity contribution in [2.45, 2.75) is 44.3 Å². The Labute approximate surface area is 115 Å². The Morgan fingerprint density at radius 2 is 1.90 bits per heavy atom. The van der Waals surface area contributed by atoms with Gasteiger partial charge in [0, 0.05) is 18.7 Å². The van der Waals surface area contributed by atoms with Crippen molar-refractivity contribution in [3.05, 3.63) is 11.8 Å². The van der Waals surface area contributed by atoms with Gasteiger partial charge in [0.25, 0.3) is 0 Å². The molecule has 0 spiro atoms. The second-order valence-electron chi connectivity index (χ2n) is 5.56. The molecule has 3 rings (SSSR count). The molecule has 1 saturated heterocycles. The topological polar surface area (TPSA) is 55.0 Å². The van der Waals surface area contributed by atoms with E-state index in [1.165, 1.54) is 0 Å². The molecule has 1 aromatic rings. The normalized spacial score (nSPS) is 26.6. The molecular weight excluding hydrogens is 269 g/mol. The first kappa shape index (κ1) is 13.5. The van der Waals surface area contributed by atoms with E-state index in [9.17, 15) is 13.2 Å². The monoisotopic (exact) mass is 286 g/mol. The zero-order valence-electron chi connectivity index (χ0n) is 11.0. The van der Waals surface area contributed by atoms with Crippen LogP contribution in [0.25, 0.3) is 0 Å². The SMILES string of the molecule is Nc1nc(N2CCCC3CCCC32)cc(C(F)(F)F)n1. The van der Waals surface area contributed by atoms with Crippen molar-refractivity contribution in [1.29, 1.82) is 0 Å². The average Bonchev–Trinajstić information content (AvgIpc) is 2.84. The standard InChI is InChI=1S/C13H17F3N4/c14-13(15,16)10-7-11(19-12(17)18-10)20-6-2-4-8-3-1-5-9(8)20/h7-9H,1-6H2,(H2,17,18,19). The first-order valence-electron chi connectivity index (χ1n) is 6.93. The summed E-state index contributed by atoms with van der Waals surface area (Å²) in [5, 5.41) is 0. The number of hydrogen-bond donors (Lipinski definition) is 1. The highest BCUT2D eigenvalue weighted by molar-refractivity contribution is 5.46. The molecule has 2 fully saturated rings. The van der Waals surface area contributed by atoms with E-state index < -0.39 is 11.9 Å². The number of halogens is 3. The maximum absolute atomic E-state index is 12.8. The Morgan fingerprint density at radius 3 is 2.65 bits per heavy atom. The molecule has 0 amide bonds. The van der Waals surface area contributed by atoms with Gasteiger partial charge < -0.3 is 10.6 Å². The van der Waals surface area contributed by atoms with E-state index in [1.54, 1.807) is 0 Å². The van der Waals surface area contributed by atoms with Crippen LogP contribution in [0.4, 0.5) is 24.9 Å². The largest absolute Gasteiger partial charge is 0.433 e. The third kappa shape index (κ3) is 2.41. The van der Waals surface area contributed by atoms with Crippen LogP contribution in [0, 0.1) is 5.92 Å². The predicted octanol–water partition coefficient (Wildman–Crippen LogP) is 2.85. The Hall–Kier alpha value is -1.53. The summed E-state index contributed by atoms with van der Waals surface area (Å²) in [6, 6.07) is 1.33. The van der Waals surface area contributed by atoms with Crippen LogP contribution in [0.15, 0.2) is 6.07 Å². The fraction of sp³-hybridized carbons (Fsp3) is 0.692. The zero-order valence-corrected chi connectivity index (χ0v) is 11.0. The van der Waals surface area contributed by atoms with E-state index in [4.69, 9.17) is 5.73 Å². The minimum absolute atomic E-state index is 0.305. The molecule has 2 atom stereocenters. The minimum atomic E-state index is -4.49. The van der Waals surface area contributed by atoms with Crippen molar-refractivity contribution in [3.63, 3.8) is 0 Å². The van der Waals surface area contributed by atoms with Crippen LogP contribution in [0.1, 0.15) is 37.8 Å². The van der Waals surface area contributed by atoms with Crippen molar-refractivity contribution >= 4 is 11.8 Å². The lowest BCUT2D eigenvalue weighted by Gasteiger charge is -2.38.